The Hall–Kier alpha value is -2.40. The van der Waals surface area contributed by atoms with Crippen molar-refractivity contribution in [1.82, 2.24) is 0 Å². The molecule has 0 aliphatic heterocycles. The Morgan fingerprint density at radius 1 is 1.63 bits per heavy atom. The zero-order valence-electron chi connectivity index (χ0n) is 9.90. The lowest BCUT2D eigenvalue weighted by Gasteiger charge is -2.07. The lowest BCUT2D eigenvalue weighted by molar-refractivity contribution is 0.0601. The average Bonchev–Trinajstić information content (AvgIpc) is 2.39. The number of carbonyl (C=O) groups excluding carboxylic acids is 1. The summed E-state index contributed by atoms with van der Waals surface area (Å²) in [6.07, 6.45) is 0. The van der Waals surface area contributed by atoms with E-state index in [1.807, 2.05) is 0 Å². The maximum atomic E-state index is 11.6. The molecule has 0 fully saturated rings. The molecule has 0 saturated heterocycles. The molecule has 0 radical (unpaired) electrons. The van der Waals surface area contributed by atoms with Crippen LogP contribution in [-0.2, 0) is 4.74 Å². The van der Waals surface area contributed by atoms with Crippen LogP contribution in [0.15, 0.2) is 27.8 Å². The molecular formula is C11H10BrN5O2. The normalized spacial score (nSPS) is 10.5. The van der Waals surface area contributed by atoms with Gasteiger partial charge in [-0.1, -0.05) is 15.9 Å². The number of nitrogens with two attached hydrogens (primary N) is 1. The Balaban J connectivity index is 3.12. The number of benzene rings is 1. The molecule has 0 aliphatic carbocycles. The van der Waals surface area contributed by atoms with Crippen molar-refractivity contribution in [2.45, 2.75) is 0 Å². The third-order valence-electron chi connectivity index (χ3n) is 2.04. The fourth-order valence-electron chi connectivity index (χ4n) is 1.15. The highest BCUT2D eigenvalue weighted by Gasteiger charge is 2.12. The van der Waals surface area contributed by atoms with Gasteiger partial charge in [-0.15, -0.1) is 0 Å². The second-order valence-corrected chi connectivity index (χ2v) is 4.19. The van der Waals surface area contributed by atoms with E-state index in [1.165, 1.54) is 7.11 Å². The van der Waals surface area contributed by atoms with Crippen molar-refractivity contribution < 1.29 is 9.53 Å². The van der Waals surface area contributed by atoms with Crippen LogP contribution in [0.2, 0.25) is 0 Å². The molecule has 1 rings (SSSR count). The second-order valence-electron chi connectivity index (χ2n) is 3.28. The Morgan fingerprint density at radius 3 is 2.84 bits per heavy atom. The molecule has 0 heterocycles. The van der Waals surface area contributed by atoms with Crippen molar-refractivity contribution in [3.05, 3.63) is 28.2 Å². The zero-order chi connectivity index (χ0) is 14.4. The molecule has 0 amide bonds. The molecule has 0 unspecified atom stereocenters. The van der Waals surface area contributed by atoms with Gasteiger partial charge in [-0.05, 0) is 18.2 Å². The van der Waals surface area contributed by atoms with Gasteiger partial charge >= 0.3 is 5.97 Å². The van der Waals surface area contributed by atoms with Crippen molar-refractivity contribution in [3.8, 4) is 6.07 Å². The van der Waals surface area contributed by atoms with Crippen LogP contribution in [0.25, 0.3) is 0 Å². The van der Waals surface area contributed by atoms with E-state index >= 15 is 0 Å². The van der Waals surface area contributed by atoms with Crippen LogP contribution in [-0.4, -0.2) is 24.6 Å². The van der Waals surface area contributed by atoms with E-state index in [4.69, 9.17) is 16.4 Å². The Morgan fingerprint density at radius 2 is 2.32 bits per heavy atom. The number of halogens is 1. The van der Waals surface area contributed by atoms with Crippen molar-refractivity contribution >= 4 is 39.1 Å². The Labute approximate surface area is 117 Å². The molecule has 1 aromatic carbocycles. The fourth-order valence-corrected chi connectivity index (χ4v) is 1.52. The second kappa shape index (κ2) is 6.51. The third-order valence-corrected chi connectivity index (χ3v) is 2.53. The van der Waals surface area contributed by atoms with Crippen LogP contribution in [0.3, 0.4) is 0 Å². The fraction of sp³-hybridized carbons (Fsp3) is 0.0909. The average molecular weight is 324 g/mol. The lowest BCUT2D eigenvalue weighted by Crippen LogP contribution is -2.22. The molecule has 0 bridgehead atoms. The van der Waals surface area contributed by atoms with Crippen LogP contribution in [0, 0.1) is 16.7 Å². The SMILES string of the molecule is COC(=O)c1cc(Br)ccc1N/N=C(\C#N)C(=N)N. The molecule has 1 aromatic rings. The Kier molecular flexibility index (Phi) is 5.02. The van der Waals surface area contributed by atoms with Gasteiger partial charge in [0.15, 0.2) is 5.84 Å². The number of methoxy groups -OCH3 is 1. The molecular weight excluding hydrogens is 314 g/mol. The molecule has 0 aromatic heterocycles. The standard InChI is InChI=1S/C11H10BrN5O2/c1-19-11(18)7-4-6(12)2-3-8(7)16-17-9(5-13)10(14)15/h2-4,16H,1H3,(H3,14,15)/b17-9+. The molecule has 0 spiro atoms. The number of hydrazone groups is 1. The van der Waals surface area contributed by atoms with Gasteiger partial charge in [0.25, 0.3) is 0 Å². The molecule has 4 N–H and O–H groups in total. The maximum Gasteiger partial charge on any atom is 0.340 e. The van der Waals surface area contributed by atoms with Crippen molar-refractivity contribution in [1.29, 1.82) is 10.7 Å². The number of rotatable bonds is 4. The van der Waals surface area contributed by atoms with Gasteiger partial charge in [0, 0.05) is 4.47 Å². The Bertz CT molecular complexity index is 591. The number of anilines is 1. The topological polar surface area (TPSA) is 124 Å². The van der Waals surface area contributed by atoms with E-state index in [0.29, 0.717) is 10.2 Å². The van der Waals surface area contributed by atoms with E-state index in [1.54, 1.807) is 24.3 Å². The first kappa shape index (κ1) is 14.7. The van der Waals surface area contributed by atoms with Gasteiger partial charge in [-0.3, -0.25) is 10.8 Å². The summed E-state index contributed by atoms with van der Waals surface area (Å²) in [6, 6.07) is 6.47. The molecule has 7 nitrogen and oxygen atoms in total. The third kappa shape index (κ3) is 3.79. The van der Waals surface area contributed by atoms with E-state index in [9.17, 15) is 4.79 Å². The van der Waals surface area contributed by atoms with Crippen LogP contribution in [0.1, 0.15) is 10.4 Å². The van der Waals surface area contributed by atoms with Crippen LogP contribution < -0.4 is 11.2 Å². The summed E-state index contributed by atoms with van der Waals surface area (Å²) >= 11 is 3.23. The van der Waals surface area contributed by atoms with E-state index in [2.05, 4.69) is 31.2 Å². The van der Waals surface area contributed by atoms with Gasteiger partial charge in [0.1, 0.15) is 6.07 Å². The quantitative estimate of drug-likeness (QED) is 0.335. The highest BCUT2D eigenvalue weighted by Crippen LogP contribution is 2.21. The summed E-state index contributed by atoms with van der Waals surface area (Å²) in [5.41, 5.74) is 7.96. The predicted molar refractivity (Wildman–Crippen MR) is 74.1 cm³/mol. The minimum atomic E-state index is -0.555. The highest BCUT2D eigenvalue weighted by atomic mass is 79.9. The summed E-state index contributed by atoms with van der Waals surface area (Å²) in [5, 5.41) is 19.5. The zero-order valence-corrected chi connectivity index (χ0v) is 11.5. The molecule has 0 saturated carbocycles. The van der Waals surface area contributed by atoms with Crippen LogP contribution in [0.5, 0.6) is 0 Å². The summed E-state index contributed by atoms with van der Waals surface area (Å²) in [4.78, 5) is 11.6. The summed E-state index contributed by atoms with van der Waals surface area (Å²) in [7, 11) is 1.26. The minimum Gasteiger partial charge on any atom is -0.465 e. The van der Waals surface area contributed by atoms with Crippen molar-refractivity contribution in [2.24, 2.45) is 10.8 Å². The minimum absolute atomic E-state index is 0.237. The van der Waals surface area contributed by atoms with Gasteiger partial charge in [-0.2, -0.15) is 10.4 Å². The number of amidine groups is 1. The first-order valence-electron chi connectivity index (χ1n) is 4.95. The number of ether oxygens (including phenoxy) is 1. The van der Waals surface area contributed by atoms with Crippen molar-refractivity contribution in [3.63, 3.8) is 0 Å². The lowest BCUT2D eigenvalue weighted by atomic mass is 10.2. The number of nitrogens with one attached hydrogen (secondary N) is 2. The summed E-state index contributed by atoms with van der Waals surface area (Å²) in [6.45, 7) is 0. The van der Waals surface area contributed by atoms with E-state index in [0.717, 1.165) is 0 Å². The summed E-state index contributed by atoms with van der Waals surface area (Å²) < 4.78 is 5.32. The first-order chi connectivity index (χ1) is 8.99. The van der Waals surface area contributed by atoms with Gasteiger partial charge in [0.2, 0.25) is 5.71 Å². The smallest absolute Gasteiger partial charge is 0.340 e. The number of nitriles is 1. The predicted octanol–water partition coefficient (Wildman–Crippen LogP) is 1.46. The number of hydrogen-bond donors (Lipinski definition) is 3. The van der Waals surface area contributed by atoms with E-state index < -0.39 is 11.8 Å². The number of nitrogens with zero attached hydrogens (tertiary/aromatic N) is 2. The van der Waals surface area contributed by atoms with Crippen LogP contribution >= 0.6 is 15.9 Å². The van der Waals surface area contributed by atoms with Gasteiger partial charge in [0.05, 0.1) is 18.4 Å². The van der Waals surface area contributed by atoms with E-state index in [-0.39, 0.29) is 11.3 Å². The molecule has 0 aliphatic rings. The van der Waals surface area contributed by atoms with Crippen LogP contribution in [0.4, 0.5) is 5.69 Å². The van der Waals surface area contributed by atoms with Crippen molar-refractivity contribution in [2.75, 3.05) is 12.5 Å². The number of hydrogen-bond acceptors (Lipinski definition) is 6. The van der Waals surface area contributed by atoms with Gasteiger partial charge in [-0.25, -0.2) is 4.79 Å². The largest absolute Gasteiger partial charge is 0.465 e. The molecule has 0 atom stereocenters. The maximum absolute atomic E-state index is 11.6. The van der Waals surface area contributed by atoms with Gasteiger partial charge < -0.3 is 10.5 Å². The molecule has 8 heteroatoms. The molecule has 19 heavy (non-hydrogen) atoms. The molecule has 98 valence electrons. The summed E-state index contributed by atoms with van der Waals surface area (Å²) in [5.74, 6) is -1.02. The number of carbonyl (C=O) groups is 1. The first-order valence-corrected chi connectivity index (χ1v) is 5.75. The highest BCUT2D eigenvalue weighted by molar-refractivity contribution is 9.10. The monoisotopic (exact) mass is 323 g/mol. The number of esters is 1.